The van der Waals surface area contributed by atoms with Crippen LogP contribution in [0.4, 0.5) is 0 Å². The molecule has 1 aliphatic carbocycles. The summed E-state index contributed by atoms with van der Waals surface area (Å²) in [6.07, 6.45) is 4.13. The number of H-pyrrole nitrogens is 2. The number of hydrogen-bond donors (Lipinski definition) is 2. The molecule has 2 atom stereocenters. The van der Waals surface area contributed by atoms with Crippen molar-refractivity contribution >= 4 is 44.1 Å². The van der Waals surface area contributed by atoms with Crippen molar-refractivity contribution in [1.82, 2.24) is 39.9 Å². The van der Waals surface area contributed by atoms with E-state index in [0.29, 0.717) is 136 Å². The Hall–Kier alpha value is -12.2. The van der Waals surface area contributed by atoms with E-state index in [4.69, 9.17) is 58.3 Å². The number of aromatic amines is 2. The minimum atomic E-state index is -0.598. The Morgan fingerprint density at radius 3 is 0.705 bits per heavy atom. The maximum absolute atomic E-state index is 7.10. The zero-order valence-corrected chi connectivity index (χ0v) is 67.2. The number of rotatable bonds is 12. The molecule has 14 heteroatoms. The first-order valence-corrected chi connectivity index (χ1v) is 38.7. The Morgan fingerprint density at radius 1 is 0.241 bits per heavy atom. The Bertz CT molecular complexity index is 5660. The summed E-state index contributed by atoms with van der Waals surface area (Å²) < 4.78 is 42.4. The smallest absolute Gasteiger partial charge is 0.170 e. The lowest BCUT2D eigenvalue weighted by molar-refractivity contribution is 0.336. The standard InChI is InChI=1S/C98H96N8O6/c1-93(2,3)57-27-39-63(40-28-57)107-79-51-73-75(53-81(79)109-65-43-31-59(32-44-65)95(7,8)9)89-102-87(73)100-85-71-25-21-19-23-69(71)70-24-20-22-26-72(70)86(99-85)101-88-74-52-80(108-64-41-29-58(30-42-64)94(4,5)6)82(110-66-45-33-60(34-46-66)96(10,11)12)54-76(74)90(103-88)105-92-78-56-84(112-68-49-37-62(38-50-68)98(16,17)18)83(55-77(78)91(104-89)106-92)111-67-47-35-61(36-48-67)97(13,14)15/h19-56,77-78H,1-18H3,(H2,99,100,101,102,103,104,105,106). The Labute approximate surface area is 656 Å². The van der Waals surface area contributed by atoms with Crippen LogP contribution in [0.2, 0.25) is 0 Å². The molecule has 13 aromatic rings. The fraction of sp³-hybridized carbons (Fsp3) is 0.265. The van der Waals surface area contributed by atoms with Gasteiger partial charge in [0.05, 0.1) is 11.8 Å². The molecule has 3 aliphatic rings. The summed E-state index contributed by atoms with van der Waals surface area (Å²) in [5.74, 6) is 6.89. The number of fused-ring (bicyclic) bond motifs is 22. The highest BCUT2D eigenvalue weighted by atomic mass is 16.5. The summed E-state index contributed by atoms with van der Waals surface area (Å²) in [7, 11) is 0. The second-order valence-electron chi connectivity index (χ2n) is 35.8. The number of hydrogen-bond acceptors (Lipinski definition) is 12. The number of ether oxygens (including phenoxy) is 6. The van der Waals surface area contributed by atoms with Gasteiger partial charge in [0, 0.05) is 32.7 Å². The van der Waals surface area contributed by atoms with Gasteiger partial charge in [0.25, 0.3) is 0 Å². The quantitative estimate of drug-likeness (QED) is 0.119. The van der Waals surface area contributed by atoms with E-state index in [1.54, 1.807) is 0 Å². The average Bonchev–Trinajstić information content (AvgIpc) is 1.60. The van der Waals surface area contributed by atoms with Crippen LogP contribution in [0.15, 0.2) is 242 Å². The van der Waals surface area contributed by atoms with Crippen LogP contribution < -0.4 is 28.4 Å². The Morgan fingerprint density at radius 2 is 0.464 bits per heavy atom. The van der Waals surface area contributed by atoms with Gasteiger partial charge in [-0.2, -0.15) is 0 Å². The number of allylic oxidation sites excluding steroid dienone is 2. The molecule has 0 amide bonds. The summed E-state index contributed by atoms with van der Waals surface area (Å²) in [6.45, 7) is 39.7. The highest BCUT2D eigenvalue weighted by Crippen LogP contribution is 2.49. The van der Waals surface area contributed by atoms with Gasteiger partial charge < -0.3 is 38.4 Å². The van der Waals surface area contributed by atoms with Gasteiger partial charge in [-0.05, 0) is 186 Å². The summed E-state index contributed by atoms with van der Waals surface area (Å²) in [4.78, 5) is 41.7. The zero-order chi connectivity index (χ0) is 78.6. The predicted octanol–water partition coefficient (Wildman–Crippen LogP) is 26.0. The maximum atomic E-state index is 7.10. The van der Waals surface area contributed by atoms with Crippen molar-refractivity contribution in [2.75, 3.05) is 0 Å². The van der Waals surface area contributed by atoms with Crippen LogP contribution in [-0.2, 0) is 32.5 Å². The lowest BCUT2D eigenvalue weighted by Crippen LogP contribution is -2.17. The molecule has 112 heavy (non-hydrogen) atoms. The van der Waals surface area contributed by atoms with Gasteiger partial charge in [-0.15, -0.1) is 0 Å². The molecule has 14 nitrogen and oxygen atoms in total. The van der Waals surface area contributed by atoms with Crippen molar-refractivity contribution in [3.8, 4) is 91.4 Å². The van der Waals surface area contributed by atoms with Crippen molar-refractivity contribution in [2.45, 2.75) is 169 Å². The van der Waals surface area contributed by atoms with E-state index in [2.05, 4.69) is 244 Å². The van der Waals surface area contributed by atoms with E-state index < -0.39 is 11.8 Å². The van der Waals surface area contributed by atoms with Crippen LogP contribution >= 0.6 is 0 Å². The number of nitrogens with one attached hydrogen (secondary N) is 2. The van der Waals surface area contributed by atoms with Gasteiger partial charge in [0.1, 0.15) is 68.7 Å². The highest BCUT2D eigenvalue weighted by molar-refractivity contribution is 6.08. The molecular weight excluding hydrogens is 1390 g/mol. The summed E-state index contributed by atoms with van der Waals surface area (Å²) in [5, 5.41) is 2.67. The van der Waals surface area contributed by atoms with Crippen LogP contribution in [0, 0.1) is 0 Å². The number of benzene rings is 10. The molecule has 3 aromatic heterocycles. The van der Waals surface area contributed by atoms with E-state index >= 15 is 0 Å². The first-order valence-electron chi connectivity index (χ1n) is 38.7. The van der Waals surface area contributed by atoms with Crippen LogP contribution in [0.1, 0.15) is 181 Å². The second-order valence-corrected chi connectivity index (χ2v) is 35.8. The first-order chi connectivity index (χ1) is 53.2. The average molecular weight is 1480 g/mol. The third kappa shape index (κ3) is 15.2. The normalized spacial score (nSPS) is 14.6. The van der Waals surface area contributed by atoms with Crippen LogP contribution in [0.5, 0.6) is 57.5 Å². The van der Waals surface area contributed by atoms with Crippen molar-refractivity contribution < 1.29 is 28.4 Å². The lowest BCUT2D eigenvalue weighted by Gasteiger charge is -2.25. The third-order valence-corrected chi connectivity index (χ3v) is 21.2. The van der Waals surface area contributed by atoms with Gasteiger partial charge in [0.2, 0.25) is 0 Å². The van der Waals surface area contributed by atoms with Crippen molar-refractivity contribution in [2.24, 2.45) is 0 Å². The zero-order valence-electron chi connectivity index (χ0n) is 67.2. The van der Waals surface area contributed by atoms with Crippen molar-refractivity contribution in [3.63, 3.8) is 0 Å². The van der Waals surface area contributed by atoms with E-state index in [0.717, 1.165) is 22.3 Å². The molecule has 8 bridgehead atoms. The topological polar surface area (TPSA) is 164 Å². The van der Waals surface area contributed by atoms with Crippen molar-refractivity contribution in [1.29, 1.82) is 0 Å². The minimum Gasteiger partial charge on any atom is -0.454 e. The van der Waals surface area contributed by atoms with Gasteiger partial charge in [0.15, 0.2) is 46.2 Å². The molecule has 564 valence electrons. The molecule has 0 radical (unpaired) electrons. The fourth-order valence-electron chi connectivity index (χ4n) is 14.4. The van der Waals surface area contributed by atoms with Crippen molar-refractivity contribution in [3.05, 3.63) is 287 Å². The van der Waals surface area contributed by atoms with E-state index in [1.807, 2.05) is 121 Å². The van der Waals surface area contributed by atoms with Crippen LogP contribution in [0.25, 0.3) is 78.0 Å². The fourth-order valence-corrected chi connectivity index (χ4v) is 14.4. The molecule has 2 unspecified atom stereocenters. The molecule has 2 N–H and O–H groups in total. The molecule has 0 fully saturated rings. The van der Waals surface area contributed by atoms with E-state index in [-0.39, 0.29) is 32.5 Å². The lowest BCUT2D eigenvalue weighted by atomic mass is 9.87. The SMILES string of the molecule is CC(C)(C)c1ccc(OC2=CC3c4nc(nc5[nH]c(nc6nc(nc7[nH]c(n4)c4cc(Oc8ccc(C(C)(C)C)cc8)c(Oc8ccc(C(C)(C)C)cc8)cc74)-c4ccccc4-c4ccccc4-6)c4cc(Oc6ccc(C(C)(C)C)cc6)c(Oc6ccc(C(C)(C)C)cc6)cc54)C3C=C2Oc2ccc(C(C)(C)C)cc2)cc1. The number of nitrogens with zero attached hydrogens (tertiary/aromatic N) is 6. The summed E-state index contributed by atoms with van der Waals surface area (Å²) in [6, 6.07) is 73.8. The second kappa shape index (κ2) is 28.0. The van der Waals surface area contributed by atoms with Crippen LogP contribution in [0.3, 0.4) is 0 Å². The molecule has 10 aromatic carbocycles. The third-order valence-electron chi connectivity index (χ3n) is 21.2. The van der Waals surface area contributed by atoms with E-state index in [1.165, 1.54) is 33.4 Å². The minimum absolute atomic E-state index is 0.0901. The largest absolute Gasteiger partial charge is 0.454 e. The predicted molar refractivity (Wildman–Crippen MR) is 451 cm³/mol. The summed E-state index contributed by atoms with van der Waals surface area (Å²) in [5.41, 5.74) is 11.6. The molecule has 0 spiro atoms. The highest BCUT2D eigenvalue weighted by Gasteiger charge is 2.39. The summed E-state index contributed by atoms with van der Waals surface area (Å²) >= 11 is 0. The molecule has 16 rings (SSSR count). The Balaban J connectivity index is 1.00. The van der Waals surface area contributed by atoms with E-state index in [9.17, 15) is 0 Å². The van der Waals surface area contributed by atoms with Gasteiger partial charge in [-0.25, -0.2) is 29.9 Å². The van der Waals surface area contributed by atoms with Crippen LogP contribution in [-0.4, -0.2) is 39.9 Å². The van der Waals surface area contributed by atoms with Gasteiger partial charge in [-0.3, -0.25) is 0 Å². The Kier molecular flexibility index (Phi) is 18.5. The molecule has 0 saturated heterocycles. The molecule has 0 saturated carbocycles. The molecule has 2 aliphatic heterocycles. The van der Waals surface area contributed by atoms with Gasteiger partial charge in [-0.1, -0.05) is 246 Å². The number of aromatic nitrogens is 8. The monoisotopic (exact) mass is 1480 g/mol. The maximum Gasteiger partial charge on any atom is 0.170 e. The van der Waals surface area contributed by atoms with Gasteiger partial charge >= 0.3 is 0 Å². The molecule has 5 heterocycles. The molecular formula is C98H96N8O6. The first kappa shape index (κ1) is 74.0.